The highest BCUT2D eigenvalue weighted by Crippen LogP contribution is 2.30. The molecule has 6 heteroatoms. The van der Waals surface area contributed by atoms with Crippen LogP contribution in [0.25, 0.3) is 33.9 Å². The Balaban J connectivity index is 1.79. The van der Waals surface area contributed by atoms with Crippen LogP contribution >= 0.6 is 0 Å². The number of fused-ring (bicyclic) bond motifs is 3. The first kappa shape index (κ1) is 16.6. The van der Waals surface area contributed by atoms with Crippen LogP contribution in [0.15, 0.2) is 48.8 Å². The number of hydrogen-bond donors (Lipinski definition) is 0. The van der Waals surface area contributed by atoms with Crippen LogP contribution < -0.4 is 0 Å². The molecule has 6 nitrogen and oxygen atoms in total. The summed E-state index contributed by atoms with van der Waals surface area (Å²) in [5.41, 5.74) is 7.09. The molecule has 0 amide bonds. The molecule has 28 heavy (non-hydrogen) atoms. The summed E-state index contributed by atoms with van der Waals surface area (Å²) in [5, 5.41) is 5.66. The van der Waals surface area contributed by atoms with Gasteiger partial charge in [-0.15, -0.1) is 5.10 Å². The molecule has 4 aromatic heterocycles. The number of aromatic nitrogens is 6. The molecule has 0 bridgehead atoms. The number of pyridine rings is 1. The largest absolute Gasteiger partial charge is 0.282 e. The van der Waals surface area contributed by atoms with Gasteiger partial charge in [0.05, 0.1) is 5.39 Å². The minimum Gasteiger partial charge on any atom is -0.282 e. The highest BCUT2D eigenvalue weighted by Gasteiger charge is 2.19. The molecular formula is C22H20N6. The van der Waals surface area contributed by atoms with Gasteiger partial charge in [0.25, 0.3) is 0 Å². The second-order valence-electron chi connectivity index (χ2n) is 7.20. The molecule has 5 aromatic rings. The second-order valence-corrected chi connectivity index (χ2v) is 7.20. The lowest BCUT2D eigenvalue weighted by Crippen LogP contribution is -2.02. The molecule has 5 rings (SSSR count). The summed E-state index contributed by atoms with van der Waals surface area (Å²) >= 11 is 0. The molecule has 0 saturated heterocycles. The fourth-order valence-corrected chi connectivity index (χ4v) is 3.62. The van der Waals surface area contributed by atoms with Crippen molar-refractivity contribution in [3.8, 4) is 17.2 Å². The van der Waals surface area contributed by atoms with Gasteiger partial charge >= 0.3 is 0 Å². The van der Waals surface area contributed by atoms with Crippen LogP contribution in [0.3, 0.4) is 0 Å². The summed E-state index contributed by atoms with van der Waals surface area (Å²) in [6.45, 7) is 8.26. The van der Waals surface area contributed by atoms with Crippen LogP contribution in [0, 0.1) is 27.7 Å². The van der Waals surface area contributed by atoms with Crippen molar-refractivity contribution in [3.63, 3.8) is 0 Å². The van der Waals surface area contributed by atoms with Gasteiger partial charge in [-0.1, -0.05) is 35.9 Å². The number of nitrogens with zero attached hydrogens (tertiary/aromatic N) is 6. The Bertz CT molecular complexity index is 1340. The third-order valence-electron chi connectivity index (χ3n) is 5.25. The summed E-state index contributed by atoms with van der Waals surface area (Å²) in [5.74, 6) is 1.57. The molecule has 0 fully saturated rings. The van der Waals surface area contributed by atoms with Crippen molar-refractivity contribution in [1.29, 1.82) is 0 Å². The lowest BCUT2D eigenvalue weighted by atomic mass is 10.1. The summed E-state index contributed by atoms with van der Waals surface area (Å²) in [4.78, 5) is 14.2. The van der Waals surface area contributed by atoms with Gasteiger partial charge < -0.3 is 0 Å². The lowest BCUT2D eigenvalue weighted by molar-refractivity contribution is 0.916. The SMILES string of the molecule is Cc1ccc(-c2nc3c4c(C)c(C)n(-c5cccc(C)n5)c4ncn3n2)cc1. The van der Waals surface area contributed by atoms with Crippen molar-refractivity contribution in [1.82, 2.24) is 29.1 Å². The van der Waals surface area contributed by atoms with Gasteiger partial charge in [-0.2, -0.15) is 0 Å². The number of hydrogen-bond acceptors (Lipinski definition) is 4. The van der Waals surface area contributed by atoms with Crippen molar-refractivity contribution in [2.24, 2.45) is 0 Å². The molecular weight excluding hydrogens is 348 g/mol. The normalized spacial score (nSPS) is 11.6. The quantitative estimate of drug-likeness (QED) is 0.464. The predicted octanol–water partition coefficient (Wildman–Crippen LogP) is 4.36. The minimum absolute atomic E-state index is 0.702. The molecule has 0 aliphatic heterocycles. The number of benzene rings is 1. The predicted molar refractivity (Wildman–Crippen MR) is 110 cm³/mol. The molecule has 0 aliphatic carbocycles. The number of rotatable bonds is 2. The van der Waals surface area contributed by atoms with Gasteiger partial charge in [0.2, 0.25) is 0 Å². The molecule has 138 valence electrons. The fraction of sp³-hybridized carbons (Fsp3) is 0.182. The van der Waals surface area contributed by atoms with Gasteiger partial charge in [0, 0.05) is 17.0 Å². The zero-order valence-electron chi connectivity index (χ0n) is 16.3. The Kier molecular flexibility index (Phi) is 3.55. The van der Waals surface area contributed by atoms with Gasteiger partial charge in [-0.3, -0.25) is 4.57 Å². The first-order valence-electron chi connectivity index (χ1n) is 9.27. The van der Waals surface area contributed by atoms with Crippen LogP contribution in [-0.4, -0.2) is 29.1 Å². The Labute approximate surface area is 162 Å². The highest BCUT2D eigenvalue weighted by molar-refractivity contribution is 5.95. The third kappa shape index (κ3) is 2.41. The average molecular weight is 368 g/mol. The summed E-state index contributed by atoms with van der Waals surface area (Å²) in [6, 6.07) is 14.3. The molecule has 1 aromatic carbocycles. The lowest BCUT2D eigenvalue weighted by Gasteiger charge is -2.07. The Morgan fingerprint density at radius 3 is 2.36 bits per heavy atom. The van der Waals surface area contributed by atoms with E-state index in [4.69, 9.17) is 9.97 Å². The van der Waals surface area contributed by atoms with E-state index < -0.39 is 0 Å². The molecule has 4 heterocycles. The average Bonchev–Trinajstić information content (AvgIpc) is 3.22. The van der Waals surface area contributed by atoms with Crippen LogP contribution in [0.5, 0.6) is 0 Å². The van der Waals surface area contributed by atoms with Crippen LogP contribution in [0.4, 0.5) is 0 Å². The summed E-state index contributed by atoms with van der Waals surface area (Å²) in [6.07, 6.45) is 1.73. The first-order valence-corrected chi connectivity index (χ1v) is 9.27. The maximum Gasteiger partial charge on any atom is 0.182 e. The van der Waals surface area contributed by atoms with E-state index in [0.29, 0.717) is 5.82 Å². The molecule has 0 spiro atoms. The van der Waals surface area contributed by atoms with Crippen LogP contribution in [0.1, 0.15) is 22.5 Å². The van der Waals surface area contributed by atoms with Crippen molar-refractivity contribution < 1.29 is 0 Å². The van der Waals surface area contributed by atoms with Crippen molar-refractivity contribution in [2.75, 3.05) is 0 Å². The Morgan fingerprint density at radius 2 is 1.61 bits per heavy atom. The first-order chi connectivity index (χ1) is 13.5. The summed E-state index contributed by atoms with van der Waals surface area (Å²) in [7, 11) is 0. The van der Waals surface area contributed by atoms with Gasteiger partial charge in [-0.05, 0) is 45.4 Å². The Morgan fingerprint density at radius 1 is 0.821 bits per heavy atom. The van der Waals surface area contributed by atoms with E-state index in [1.807, 2.05) is 25.1 Å². The van der Waals surface area contributed by atoms with E-state index in [2.05, 4.69) is 59.7 Å². The van der Waals surface area contributed by atoms with Crippen molar-refractivity contribution in [3.05, 3.63) is 71.3 Å². The van der Waals surface area contributed by atoms with Crippen LogP contribution in [-0.2, 0) is 0 Å². The molecule has 0 saturated carbocycles. The van der Waals surface area contributed by atoms with E-state index in [0.717, 1.165) is 45.0 Å². The molecule has 0 N–H and O–H groups in total. The van der Waals surface area contributed by atoms with Crippen molar-refractivity contribution in [2.45, 2.75) is 27.7 Å². The third-order valence-corrected chi connectivity index (χ3v) is 5.25. The summed E-state index contributed by atoms with van der Waals surface area (Å²) < 4.78 is 3.86. The van der Waals surface area contributed by atoms with Gasteiger partial charge in [0.15, 0.2) is 17.1 Å². The van der Waals surface area contributed by atoms with Gasteiger partial charge in [-0.25, -0.2) is 19.5 Å². The minimum atomic E-state index is 0.702. The van der Waals surface area contributed by atoms with E-state index in [1.165, 1.54) is 5.56 Å². The van der Waals surface area contributed by atoms with E-state index in [9.17, 15) is 0 Å². The topological polar surface area (TPSA) is 60.9 Å². The van der Waals surface area contributed by atoms with Crippen molar-refractivity contribution >= 4 is 16.7 Å². The van der Waals surface area contributed by atoms with E-state index >= 15 is 0 Å². The highest BCUT2D eigenvalue weighted by atomic mass is 15.3. The maximum atomic E-state index is 4.85. The van der Waals surface area contributed by atoms with E-state index in [-0.39, 0.29) is 0 Å². The van der Waals surface area contributed by atoms with Gasteiger partial charge in [0.1, 0.15) is 12.1 Å². The molecule has 0 aliphatic rings. The maximum absolute atomic E-state index is 4.85. The Hall–Kier alpha value is -3.54. The monoisotopic (exact) mass is 368 g/mol. The molecule has 0 atom stereocenters. The molecule has 0 radical (unpaired) electrons. The van der Waals surface area contributed by atoms with E-state index in [1.54, 1.807) is 10.8 Å². The fourth-order valence-electron chi connectivity index (χ4n) is 3.62. The zero-order valence-corrected chi connectivity index (χ0v) is 16.3. The smallest absolute Gasteiger partial charge is 0.182 e. The zero-order chi connectivity index (χ0) is 19.4. The standard InChI is InChI=1S/C22H20N6/c1-13-8-10-17(11-9-13)20-25-22-19-15(3)16(4)28(18-7-5-6-14(2)24-18)21(19)23-12-27(22)26-20/h5-12H,1-4H3. The number of aryl methyl sites for hydroxylation is 3. The second kappa shape index (κ2) is 5.99. The van der Waals surface area contributed by atoms with Crippen LogP contribution in [0.2, 0.25) is 0 Å². The molecule has 0 unspecified atom stereocenters.